The van der Waals surface area contributed by atoms with Crippen LogP contribution < -0.4 is 11.5 Å². The van der Waals surface area contributed by atoms with E-state index in [4.69, 9.17) is 11.5 Å². The first-order valence-electron chi connectivity index (χ1n) is 4.32. The summed E-state index contributed by atoms with van der Waals surface area (Å²) in [6.07, 6.45) is 0. The highest BCUT2D eigenvalue weighted by Crippen LogP contribution is 2.27. The van der Waals surface area contributed by atoms with Gasteiger partial charge in [0.2, 0.25) is 0 Å². The van der Waals surface area contributed by atoms with E-state index in [2.05, 4.69) is 0 Å². The van der Waals surface area contributed by atoms with E-state index >= 15 is 0 Å². The van der Waals surface area contributed by atoms with Gasteiger partial charge in [-0.05, 0) is 31.0 Å². The van der Waals surface area contributed by atoms with Crippen molar-refractivity contribution in [1.82, 2.24) is 0 Å². The maximum absolute atomic E-state index is 9.64. The molecule has 0 spiro atoms. The van der Waals surface area contributed by atoms with E-state index in [1.165, 1.54) is 0 Å². The number of hydrogen-bond donors (Lipinski definition) is 3. The van der Waals surface area contributed by atoms with Gasteiger partial charge >= 0.3 is 0 Å². The number of rotatable bonds is 2. The second-order valence-electron chi connectivity index (χ2n) is 3.36. The summed E-state index contributed by atoms with van der Waals surface area (Å²) in [5.41, 5.74) is 14.0. The lowest BCUT2D eigenvalue weighted by Crippen LogP contribution is -2.21. The molecule has 0 aliphatic carbocycles. The molecule has 3 nitrogen and oxygen atoms in total. The Bertz CT molecular complexity index is 287. The smallest absolute Gasteiger partial charge is 0.120 e. The molecule has 0 fully saturated rings. The summed E-state index contributed by atoms with van der Waals surface area (Å²) in [5, 5.41) is 9.64. The molecule has 72 valence electrons. The van der Waals surface area contributed by atoms with E-state index in [9.17, 15) is 5.11 Å². The Morgan fingerprint density at radius 1 is 1.38 bits per heavy atom. The number of aromatic hydroxyl groups is 1. The summed E-state index contributed by atoms with van der Waals surface area (Å²) >= 11 is 0. The zero-order valence-electron chi connectivity index (χ0n) is 8.04. The average molecular weight is 180 g/mol. The number of phenolic OH excluding ortho intramolecular Hbond substituents is 1. The Morgan fingerprint density at radius 2 is 2.00 bits per heavy atom. The van der Waals surface area contributed by atoms with Crippen LogP contribution in [-0.2, 0) is 0 Å². The minimum atomic E-state index is -0.277. The van der Waals surface area contributed by atoms with E-state index in [1.54, 1.807) is 6.07 Å². The summed E-state index contributed by atoms with van der Waals surface area (Å²) in [6, 6.07) is 3.42. The van der Waals surface area contributed by atoms with Crippen LogP contribution in [0, 0.1) is 13.8 Å². The van der Waals surface area contributed by atoms with Crippen LogP contribution in [0.1, 0.15) is 22.7 Å². The number of hydrogen-bond acceptors (Lipinski definition) is 3. The van der Waals surface area contributed by atoms with Gasteiger partial charge in [-0.1, -0.05) is 6.07 Å². The van der Waals surface area contributed by atoms with E-state index < -0.39 is 0 Å². The number of nitrogens with two attached hydrogens (primary N) is 2. The van der Waals surface area contributed by atoms with Gasteiger partial charge in [0.05, 0.1) is 0 Å². The minimum Gasteiger partial charge on any atom is -0.508 e. The summed E-state index contributed by atoms with van der Waals surface area (Å²) in [4.78, 5) is 0. The maximum atomic E-state index is 9.64. The van der Waals surface area contributed by atoms with Crippen LogP contribution in [0.4, 0.5) is 0 Å². The zero-order chi connectivity index (χ0) is 10.0. The van der Waals surface area contributed by atoms with Crippen molar-refractivity contribution in [2.24, 2.45) is 11.5 Å². The Labute approximate surface area is 78.4 Å². The summed E-state index contributed by atoms with van der Waals surface area (Å²) < 4.78 is 0. The largest absolute Gasteiger partial charge is 0.508 e. The van der Waals surface area contributed by atoms with Crippen LogP contribution in [0.3, 0.4) is 0 Å². The Balaban J connectivity index is 3.20. The standard InChI is InChI=1S/C10H16N2O/c1-6-3-7(2)10(8(12)5-11)9(13)4-6/h3-4,8,13H,5,11-12H2,1-2H3/t8-/m1/s1. The topological polar surface area (TPSA) is 72.3 Å². The third-order valence-electron chi connectivity index (χ3n) is 2.13. The van der Waals surface area contributed by atoms with Gasteiger partial charge in [0.1, 0.15) is 5.75 Å². The molecule has 1 aromatic rings. The lowest BCUT2D eigenvalue weighted by Gasteiger charge is -2.15. The van der Waals surface area contributed by atoms with Crippen molar-refractivity contribution in [2.45, 2.75) is 19.9 Å². The third-order valence-corrected chi connectivity index (χ3v) is 2.13. The molecule has 0 saturated heterocycles. The fourth-order valence-electron chi connectivity index (χ4n) is 1.56. The molecule has 5 N–H and O–H groups in total. The molecule has 3 heteroatoms. The van der Waals surface area contributed by atoms with Crippen molar-refractivity contribution >= 4 is 0 Å². The Hall–Kier alpha value is -1.06. The molecule has 1 atom stereocenters. The molecular weight excluding hydrogens is 164 g/mol. The first-order valence-corrected chi connectivity index (χ1v) is 4.32. The Morgan fingerprint density at radius 3 is 2.46 bits per heavy atom. The number of aryl methyl sites for hydroxylation is 2. The van der Waals surface area contributed by atoms with Crippen molar-refractivity contribution < 1.29 is 5.11 Å². The molecule has 0 aliphatic rings. The molecule has 0 saturated carbocycles. The first-order chi connectivity index (χ1) is 6.06. The molecule has 13 heavy (non-hydrogen) atoms. The lowest BCUT2D eigenvalue weighted by atomic mass is 9.98. The predicted molar refractivity (Wildman–Crippen MR) is 53.6 cm³/mol. The quantitative estimate of drug-likeness (QED) is 0.635. The summed E-state index contributed by atoms with van der Waals surface area (Å²) in [5.74, 6) is 0.246. The van der Waals surface area contributed by atoms with Crippen molar-refractivity contribution in [1.29, 1.82) is 0 Å². The highest BCUT2D eigenvalue weighted by atomic mass is 16.3. The lowest BCUT2D eigenvalue weighted by molar-refractivity contribution is 0.460. The van der Waals surface area contributed by atoms with Gasteiger partial charge in [-0.25, -0.2) is 0 Å². The van der Waals surface area contributed by atoms with Crippen LogP contribution in [0.25, 0.3) is 0 Å². The molecule has 0 heterocycles. The van der Waals surface area contributed by atoms with Gasteiger partial charge in [0.15, 0.2) is 0 Å². The van der Waals surface area contributed by atoms with Crippen molar-refractivity contribution in [3.05, 3.63) is 28.8 Å². The fourth-order valence-corrected chi connectivity index (χ4v) is 1.56. The molecule has 0 amide bonds. The van der Waals surface area contributed by atoms with Gasteiger partial charge in [-0.2, -0.15) is 0 Å². The van der Waals surface area contributed by atoms with E-state index in [-0.39, 0.29) is 11.8 Å². The van der Waals surface area contributed by atoms with E-state index in [0.29, 0.717) is 6.54 Å². The normalized spacial score (nSPS) is 12.9. The molecular formula is C10H16N2O. The molecule has 0 unspecified atom stereocenters. The third kappa shape index (κ3) is 1.99. The van der Waals surface area contributed by atoms with Gasteiger partial charge in [0, 0.05) is 18.2 Å². The van der Waals surface area contributed by atoms with E-state index in [1.807, 2.05) is 19.9 Å². The van der Waals surface area contributed by atoms with Crippen LogP contribution in [0.15, 0.2) is 12.1 Å². The molecule has 1 aromatic carbocycles. The first kappa shape index (κ1) is 10.0. The van der Waals surface area contributed by atoms with Gasteiger partial charge in [-0.15, -0.1) is 0 Å². The number of benzene rings is 1. The SMILES string of the molecule is Cc1cc(C)c([C@H](N)CN)c(O)c1. The van der Waals surface area contributed by atoms with Crippen LogP contribution >= 0.6 is 0 Å². The highest BCUT2D eigenvalue weighted by Gasteiger charge is 2.12. The maximum Gasteiger partial charge on any atom is 0.120 e. The van der Waals surface area contributed by atoms with Crippen LogP contribution in [-0.4, -0.2) is 11.7 Å². The molecule has 0 aromatic heterocycles. The zero-order valence-corrected chi connectivity index (χ0v) is 8.04. The molecule has 1 rings (SSSR count). The van der Waals surface area contributed by atoms with Gasteiger partial charge in [0.25, 0.3) is 0 Å². The monoisotopic (exact) mass is 180 g/mol. The molecule has 0 bridgehead atoms. The fraction of sp³-hybridized carbons (Fsp3) is 0.400. The number of phenols is 1. The van der Waals surface area contributed by atoms with Crippen LogP contribution in [0.5, 0.6) is 5.75 Å². The second kappa shape index (κ2) is 3.77. The van der Waals surface area contributed by atoms with Crippen molar-refractivity contribution in [2.75, 3.05) is 6.54 Å². The van der Waals surface area contributed by atoms with Crippen molar-refractivity contribution in [3.8, 4) is 5.75 Å². The predicted octanol–water partition coefficient (Wildman–Crippen LogP) is 0.968. The van der Waals surface area contributed by atoms with Gasteiger partial charge in [-0.3, -0.25) is 0 Å². The van der Waals surface area contributed by atoms with Gasteiger partial charge < -0.3 is 16.6 Å². The summed E-state index contributed by atoms with van der Waals surface area (Å²) in [7, 11) is 0. The second-order valence-corrected chi connectivity index (χ2v) is 3.36. The van der Waals surface area contributed by atoms with Crippen molar-refractivity contribution in [3.63, 3.8) is 0 Å². The summed E-state index contributed by atoms with van der Waals surface area (Å²) in [6.45, 7) is 4.21. The Kier molecular flexibility index (Phi) is 2.90. The molecule has 0 radical (unpaired) electrons. The average Bonchev–Trinajstić information content (AvgIpc) is 2.02. The highest BCUT2D eigenvalue weighted by molar-refractivity contribution is 5.44. The molecule has 0 aliphatic heterocycles. The minimum absolute atomic E-state index is 0.246. The van der Waals surface area contributed by atoms with Crippen LogP contribution in [0.2, 0.25) is 0 Å². The van der Waals surface area contributed by atoms with E-state index in [0.717, 1.165) is 16.7 Å².